The highest BCUT2D eigenvalue weighted by atomic mass is 32.2. The number of amides is 1. The zero-order valence-corrected chi connectivity index (χ0v) is 21.4. The van der Waals surface area contributed by atoms with E-state index in [1.54, 1.807) is 4.90 Å². The lowest BCUT2D eigenvalue weighted by atomic mass is 10.2. The summed E-state index contributed by atoms with van der Waals surface area (Å²) in [6, 6.07) is 8.23. The molecule has 1 aromatic carbocycles. The van der Waals surface area contributed by atoms with Gasteiger partial charge in [0.25, 0.3) is 0 Å². The Morgan fingerprint density at radius 3 is 1.97 bits per heavy atom. The van der Waals surface area contributed by atoms with Crippen molar-refractivity contribution in [1.82, 2.24) is 9.80 Å². The fourth-order valence-electron chi connectivity index (χ4n) is 3.01. The first kappa shape index (κ1) is 27.9. The van der Waals surface area contributed by atoms with Crippen LogP contribution in [0.1, 0.15) is 26.3 Å². The third-order valence-electron chi connectivity index (χ3n) is 4.81. The van der Waals surface area contributed by atoms with E-state index < -0.39 is 5.60 Å². The number of hydrogen-bond acceptors (Lipinski definition) is 8. The highest BCUT2D eigenvalue weighted by Crippen LogP contribution is 2.18. The van der Waals surface area contributed by atoms with E-state index in [0.29, 0.717) is 59.3 Å². The molecule has 0 N–H and O–H groups in total. The van der Waals surface area contributed by atoms with E-state index in [4.69, 9.17) is 23.1 Å². The summed E-state index contributed by atoms with van der Waals surface area (Å²) in [7, 11) is 0. The Morgan fingerprint density at radius 1 is 0.848 bits per heavy atom. The van der Waals surface area contributed by atoms with Gasteiger partial charge in [0, 0.05) is 49.7 Å². The van der Waals surface area contributed by atoms with Gasteiger partial charge in [0.1, 0.15) is 5.60 Å². The number of nitrogens with zero attached hydrogens (tertiary/aromatic N) is 2. The first-order chi connectivity index (χ1) is 15.8. The summed E-state index contributed by atoms with van der Waals surface area (Å²) in [5, 5.41) is 0. The third-order valence-corrected chi connectivity index (χ3v) is 5.56. The lowest BCUT2D eigenvalue weighted by Crippen LogP contribution is -2.50. The average molecular weight is 485 g/mol. The molecule has 0 aliphatic carbocycles. The minimum absolute atomic E-state index is 0.229. The molecule has 33 heavy (non-hydrogen) atoms. The average Bonchev–Trinajstić information content (AvgIpc) is 2.77. The van der Waals surface area contributed by atoms with Crippen LogP contribution in [0.3, 0.4) is 0 Å². The van der Waals surface area contributed by atoms with Crippen LogP contribution in [-0.4, -0.2) is 100 Å². The number of piperazine rings is 1. The van der Waals surface area contributed by atoms with Crippen molar-refractivity contribution in [3.8, 4) is 0 Å². The van der Waals surface area contributed by atoms with Crippen molar-refractivity contribution in [2.24, 2.45) is 0 Å². The number of carbonyl (C=O) groups is 1. The summed E-state index contributed by atoms with van der Waals surface area (Å²) >= 11 is 1.37. The van der Waals surface area contributed by atoms with Crippen LogP contribution in [-0.2, 0) is 23.1 Å². The number of ether oxygens (including phenoxy) is 4. The maximum absolute atomic E-state index is 12.1. The molecule has 8 nitrogen and oxygen atoms in total. The Bertz CT molecular complexity index is 660. The number of rotatable bonds is 14. The number of carbonyl (C=O) groups excluding carboxylic acids is 1. The summed E-state index contributed by atoms with van der Waals surface area (Å²) in [5.41, 5.74) is 0.786. The summed E-state index contributed by atoms with van der Waals surface area (Å²) in [6.07, 6.45) is -0.229. The van der Waals surface area contributed by atoms with Gasteiger partial charge in [0.2, 0.25) is 0 Å². The number of hydrogen-bond donors (Lipinski definition) is 0. The molecule has 2 rings (SSSR count). The predicted molar refractivity (Wildman–Crippen MR) is 130 cm³/mol. The first-order valence-corrected chi connectivity index (χ1v) is 12.4. The summed E-state index contributed by atoms with van der Waals surface area (Å²) in [6.45, 7) is 15.6. The Balaban J connectivity index is 1.33. The fraction of sp³-hybridized carbons (Fsp3) is 0.708. The van der Waals surface area contributed by atoms with Gasteiger partial charge in [-0.3, -0.25) is 4.90 Å². The van der Waals surface area contributed by atoms with E-state index in [0.717, 1.165) is 24.5 Å². The van der Waals surface area contributed by atoms with E-state index in [-0.39, 0.29) is 6.09 Å². The topological polar surface area (TPSA) is 69.7 Å². The minimum Gasteiger partial charge on any atom is -0.444 e. The van der Waals surface area contributed by atoms with Gasteiger partial charge in [-0.15, -0.1) is 0 Å². The standard InChI is InChI=1S/C24H40N2O6S/c1-21-5-7-22(8-6-21)33-31-20-19-30-18-17-29-16-15-28-14-13-25-9-11-26(12-10-25)23(27)32-24(2,3)4/h5-8H,9-20H2,1-4H3. The highest BCUT2D eigenvalue weighted by molar-refractivity contribution is 7.94. The summed E-state index contributed by atoms with van der Waals surface area (Å²) in [4.78, 5) is 17.2. The SMILES string of the molecule is Cc1ccc(SOCCOCCOCCOCCN2CCN(C(=O)OC(C)(C)C)CC2)cc1. The molecule has 0 saturated carbocycles. The van der Waals surface area contributed by atoms with Crippen LogP contribution >= 0.6 is 12.0 Å². The molecule has 1 amide bonds. The molecule has 1 saturated heterocycles. The fourth-order valence-corrected chi connectivity index (χ4v) is 3.55. The molecule has 9 heteroatoms. The Morgan fingerprint density at radius 2 is 1.39 bits per heavy atom. The van der Waals surface area contributed by atoms with Crippen molar-refractivity contribution in [1.29, 1.82) is 0 Å². The lowest BCUT2D eigenvalue weighted by molar-refractivity contribution is -0.0000436. The van der Waals surface area contributed by atoms with E-state index in [1.165, 1.54) is 17.6 Å². The van der Waals surface area contributed by atoms with Crippen molar-refractivity contribution in [2.45, 2.75) is 38.2 Å². The van der Waals surface area contributed by atoms with E-state index in [9.17, 15) is 4.79 Å². The molecule has 188 valence electrons. The largest absolute Gasteiger partial charge is 0.444 e. The van der Waals surface area contributed by atoms with Gasteiger partial charge in [0.15, 0.2) is 0 Å². The van der Waals surface area contributed by atoms with Crippen molar-refractivity contribution < 1.29 is 27.9 Å². The van der Waals surface area contributed by atoms with Crippen molar-refractivity contribution in [3.63, 3.8) is 0 Å². The Kier molecular flexibility index (Phi) is 13.1. The second-order valence-corrected chi connectivity index (χ2v) is 9.74. The van der Waals surface area contributed by atoms with Crippen LogP contribution in [0.2, 0.25) is 0 Å². The van der Waals surface area contributed by atoms with E-state index >= 15 is 0 Å². The third kappa shape index (κ3) is 13.2. The van der Waals surface area contributed by atoms with Gasteiger partial charge in [-0.2, -0.15) is 0 Å². The zero-order chi connectivity index (χ0) is 23.9. The van der Waals surface area contributed by atoms with Crippen LogP contribution < -0.4 is 0 Å². The second-order valence-electron chi connectivity index (χ2n) is 8.86. The smallest absolute Gasteiger partial charge is 0.410 e. The van der Waals surface area contributed by atoms with Gasteiger partial charge in [-0.1, -0.05) is 17.7 Å². The molecule has 0 spiro atoms. The molecule has 0 bridgehead atoms. The number of benzene rings is 1. The van der Waals surface area contributed by atoms with Crippen molar-refractivity contribution in [3.05, 3.63) is 29.8 Å². The normalized spacial score (nSPS) is 15.1. The number of aryl methyl sites for hydroxylation is 1. The zero-order valence-electron chi connectivity index (χ0n) is 20.5. The van der Waals surface area contributed by atoms with Crippen LogP contribution in [0.15, 0.2) is 29.2 Å². The van der Waals surface area contributed by atoms with Crippen LogP contribution in [0, 0.1) is 6.92 Å². The molecule has 1 fully saturated rings. The quantitative estimate of drug-likeness (QED) is 0.293. The molecular formula is C24H40N2O6S. The van der Waals surface area contributed by atoms with E-state index in [2.05, 4.69) is 24.0 Å². The molecule has 0 atom stereocenters. The van der Waals surface area contributed by atoms with Crippen LogP contribution in [0.4, 0.5) is 4.79 Å². The minimum atomic E-state index is -0.453. The van der Waals surface area contributed by atoms with Gasteiger partial charge in [-0.05, 0) is 39.8 Å². The second kappa shape index (κ2) is 15.5. The summed E-state index contributed by atoms with van der Waals surface area (Å²) < 4.78 is 27.6. The molecule has 0 aromatic heterocycles. The van der Waals surface area contributed by atoms with E-state index in [1.807, 2.05) is 32.9 Å². The molecule has 1 heterocycles. The summed E-state index contributed by atoms with van der Waals surface area (Å²) in [5.74, 6) is 0. The molecule has 1 aromatic rings. The molecule has 1 aliphatic rings. The first-order valence-electron chi connectivity index (χ1n) is 11.6. The highest BCUT2D eigenvalue weighted by Gasteiger charge is 2.25. The Labute approximate surface area is 203 Å². The van der Waals surface area contributed by atoms with Crippen LogP contribution in [0.25, 0.3) is 0 Å². The van der Waals surface area contributed by atoms with Crippen LogP contribution in [0.5, 0.6) is 0 Å². The molecule has 0 unspecified atom stereocenters. The van der Waals surface area contributed by atoms with Gasteiger partial charge >= 0.3 is 6.09 Å². The molecule has 0 radical (unpaired) electrons. The monoisotopic (exact) mass is 484 g/mol. The Hall–Kier alpha value is -1.36. The lowest BCUT2D eigenvalue weighted by Gasteiger charge is -2.35. The maximum atomic E-state index is 12.1. The predicted octanol–water partition coefficient (Wildman–Crippen LogP) is 3.62. The van der Waals surface area contributed by atoms with Gasteiger partial charge in [-0.25, -0.2) is 4.79 Å². The van der Waals surface area contributed by atoms with Crippen molar-refractivity contribution >= 4 is 18.1 Å². The molecular weight excluding hydrogens is 444 g/mol. The maximum Gasteiger partial charge on any atom is 0.410 e. The van der Waals surface area contributed by atoms with Crippen molar-refractivity contribution in [2.75, 3.05) is 79.0 Å². The molecule has 1 aliphatic heterocycles. The van der Waals surface area contributed by atoms with Gasteiger partial charge < -0.3 is 28.0 Å². The van der Waals surface area contributed by atoms with Gasteiger partial charge in [0.05, 0.1) is 46.2 Å².